The molecule has 2 rings (SSSR count). The van der Waals surface area contributed by atoms with Crippen LogP contribution in [-0.2, 0) is 6.42 Å². The monoisotopic (exact) mass is 298 g/mol. The average Bonchev–Trinajstić information content (AvgIpc) is 2.56. The summed E-state index contributed by atoms with van der Waals surface area (Å²) in [6.45, 7) is 0.275. The van der Waals surface area contributed by atoms with Crippen LogP contribution in [0.25, 0.3) is 0 Å². The highest BCUT2D eigenvalue weighted by Gasteiger charge is 2.17. The maximum atomic E-state index is 12.2. The molecule has 4 nitrogen and oxygen atoms in total. The smallest absolute Gasteiger partial charge is 0.317 e. The van der Waals surface area contributed by atoms with E-state index in [9.17, 15) is 4.79 Å². The maximum absolute atomic E-state index is 12.2. The molecule has 0 spiro atoms. The molecule has 0 aromatic heterocycles. The Labute approximate surface area is 131 Å². The van der Waals surface area contributed by atoms with Crippen molar-refractivity contribution in [2.75, 3.05) is 20.2 Å². The molecule has 2 aromatic carbocycles. The molecule has 0 aliphatic heterocycles. The molecule has 2 aromatic rings. The van der Waals surface area contributed by atoms with E-state index in [2.05, 4.69) is 17.4 Å². The maximum Gasteiger partial charge on any atom is 0.317 e. The van der Waals surface area contributed by atoms with E-state index in [0.717, 1.165) is 12.0 Å². The molecule has 0 saturated carbocycles. The molecule has 22 heavy (non-hydrogen) atoms. The van der Waals surface area contributed by atoms with Gasteiger partial charge in [-0.2, -0.15) is 0 Å². The predicted octanol–water partition coefficient (Wildman–Crippen LogP) is 2.60. The third-order valence-corrected chi connectivity index (χ3v) is 3.56. The lowest BCUT2D eigenvalue weighted by Crippen LogP contribution is -2.41. The lowest BCUT2D eigenvalue weighted by Gasteiger charge is -2.23. The summed E-state index contributed by atoms with van der Waals surface area (Å²) in [6, 6.07) is 19.7. The molecule has 1 unspecified atom stereocenters. The number of likely N-dealkylation sites (N-methyl/N-ethyl adjacent to an activating group) is 1. The summed E-state index contributed by atoms with van der Waals surface area (Å²) in [5, 5.41) is 12.0. The first-order valence-electron chi connectivity index (χ1n) is 7.42. The van der Waals surface area contributed by atoms with Crippen LogP contribution in [0.4, 0.5) is 4.79 Å². The molecule has 0 radical (unpaired) electrons. The fourth-order valence-electron chi connectivity index (χ4n) is 2.30. The topological polar surface area (TPSA) is 52.6 Å². The van der Waals surface area contributed by atoms with Gasteiger partial charge >= 0.3 is 6.03 Å². The van der Waals surface area contributed by atoms with Crippen LogP contribution in [0.5, 0.6) is 0 Å². The fourth-order valence-corrected chi connectivity index (χ4v) is 2.30. The van der Waals surface area contributed by atoms with Gasteiger partial charge < -0.3 is 15.3 Å². The van der Waals surface area contributed by atoms with Crippen molar-refractivity contribution >= 4 is 6.03 Å². The van der Waals surface area contributed by atoms with Gasteiger partial charge in [-0.1, -0.05) is 60.7 Å². The highest BCUT2D eigenvalue weighted by Crippen LogP contribution is 2.18. The van der Waals surface area contributed by atoms with Crippen LogP contribution in [0.15, 0.2) is 60.7 Å². The standard InChI is InChI=1S/C18H22N2O2/c1-20(12-13-21)18(22)19-17(16-10-6-3-7-11-16)14-15-8-4-2-5-9-15/h2-11,17,21H,12-14H2,1H3,(H,19,22). The Kier molecular flexibility index (Phi) is 5.98. The summed E-state index contributed by atoms with van der Waals surface area (Å²) in [6.07, 6.45) is 0.726. The molecule has 0 aliphatic rings. The van der Waals surface area contributed by atoms with E-state index >= 15 is 0 Å². The van der Waals surface area contributed by atoms with Crippen molar-refractivity contribution in [3.63, 3.8) is 0 Å². The van der Waals surface area contributed by atoms with Crippen LogP contribution in [0.2, 0.25) is 0 Å². The number of amides is 2. The zero-order valence-electron chi connectivity index (χ0n) is 12.8. The number of nitrogens with zero attached hydrogens (tertiary/aromatic N) is 1. The van der Waals surface area contributed by atoms with Crippen molar-refractivity contribution in [3.05, 3.63) is 71.8 Å². The Balaban J connectivity index is 2.13. The van der Waals surface area contributed by atoms with Crippen molar-refractivity contribution in [2.45, 2.75) is 12.5 Å². The normalized spacial score (nSPS) is 11.7. The van der Waals surface area contributed by atoms with Gasteiger partial charge in [-0.3, -0.25) is 0 Å². The molecule has 0 bridgehead atoms. The van der Waals surface area contributed by atoms with Crippen LogP contribution in [-0.4, -0.2) is 36.2 Å². The SMILES string of the molecule is CN(CCO)C(=O)NC(Cc1ccccc1)c1ccccc1. The number of aliphatic hydroxyl groups excluding tert-OH is 1. The number of hydrogen-bond donors (Lipinski definition) is 2. The lowest BCUT2D eigenvalue weighted by atomic mass is 9.99. The molecule has 0 heterocycles. The van der Waals surface area contributed by atoms with Gasteiger partial charge in [0, 0.05) is 13.6 Å². The van der Waals surface area contributed by atoms with Crippen LogP contribution in [0.1, 0.15) is 17.2 Å². The number of carbonyl (C=O) groups is 1. The molecule has 116 valence electrons. The molecular formula is C18H22N2O2. The number of nitrogens with one attached hydrogen (secondary N) is 1. The fraction of sp³-hybridized carbons (Fsp3) is 0.278. The number of rotatable bonds is 6. The predicted molar refractivity (Wildman–Crippen MR) is 87.6 cm³/mol. The third-order valence-electron chi connectivity index (χ3n) is 3.56. The van der Waals surface area contributed by atoms with Gasteiger partial charge in [0.15, 0.2) is 0 Å². The Morgan fingerprint density at radius 1 is 1.09 bits per heavy atom. The van der Waals surface area contributed by atoms with Crippen LogP contribution in [0, 0.1) is 0 Å². The second kappa shape index (κ2) is 8.20. The van der Waals surface area contributed by atoms with Gasteiger partial charge in [-0.15, -0.1) is 0 Å². The minimum Gasteiger partial charge on any atom is -0.395 e. The van der Waals surface area contributed by atoms with Crippen LogP contribution in [0.3, 0.4) is 0 Å². The largest absolute Gasteiger partial charge is 0.395 e. The van der Waals surface area contributed by atoms with E-state index in [-0.39, 0.29) is 18.7 Å². The number of hydrogen-bond acceptors (Lipinski definition) is 2. The van der Waals surface area contributed by atoms with Gasteiger partial charge in [0.05, 0.1) is 12.6 Å². The zero-order valence-corrected chi connectivity index (χ0v) is 12.8. The quantitative estimate of drug-likeness (QED) is 0.861. The first kappa shape index (κ1) is 16.0. The zero-order chi connectivity index (χ0) is 15.8. The first-order chi connectivity index (χ1) is 10.7. The summed E-state index contributed by atoms with van der Waals surface area (Å²) in [5.74, 6) is 0. The van der Waals surface area contributed by atoms with Crippen LogP contribution >= 0.6 is 0 Å². The Morgan fingerprint density at radius 3 is 2.27 bits per heavy atom. The van der Waals surface area contributed by atoms with Gasteiger partial charge in [-0.05, 0) is 17.5 Å². The molecule has 1 atom stereocenters. The molecule has 4 heteroatoms. The van der Waals surface area contributed by atoms with E-state index in [0.29, 0.717) is 6.54 Å². The Hall–Kier alpha value is -2.33. The second-order valence-electron chi connectivity index (χ2n) is 5.25. The second-order valence-corrected chi connectivity index (χ2v) is 5.25. The summed E-state index contributed by atoms with van der Waals surface area (Å²) in [5.41, 5.74) is 2.23. The van der Waals surface area contributed by atoms with E-state index in [1.807, 2.05) is 48.5 Å². The molecule has 0 aliphatic carbocycles. The lowest BCUT2D eigenvalue weighted by molar-refractivity contribution is 0.187. The summed E-state index contributed by atoms with van der Waals surface area (Å²) in [7, 11) is 1.68. The summed E-state index contributed by atoms with van der Waals surface area (Å²) in [4.78, 5) is 13.7. The molecule has 0 saturated heterocycles. The summed E-state index contributed by atoms with van der Waals surface area (Å²) < 4.78 is 0. The van der Waals surface area contributed by atoms with Gasteiger partial charge in [0.1, 0.15) is 0 Å². The van der Waals surface area contributed by atoms with Gasteiger partial charge in [0.25, 0.3) is 0 Å². The average molecular weight is 298 g/mol. The van der Waals surface area contributed by atoms with Gasteiger partial charge in [-0.25, -0.2) is 4.79 Å². The molecular weight excluding hydrogens is 276 g/mol. The van der Waals surface area contributed by atoms with Gasteiger partial charge in [0.2, 0.25) is 0 Å². The Bertz CT molecular complexity index is 572. The number of carbonyl (C=O) groups excluding carboxylic acids is 1. The highest BCUT2D eigenvalue weighted by molar-refractivity contribution is 5.74. The van der Waals surface area contributed by atoms with E-state index < -0.39 is 0 Å². The minimum atomic E-state index is -0.182. The minimum absolute atomic E-state index is 0.0430. The highest BCUT2D eigenvalue weighted by atomic mass is 16.3. The van der Waals surface area contributed by atoms with Crippen LogP contribution < -0.4 is 5.32 Å². The van der Waals surface area contributed by atoms with E-state index in [1.165, 1.54) is 10.5 Å². The van der Waals surface area contributed by atoms with Crippen molar-refractivity contribution in [1.29, 1.82) is 0 Å². The third kappa shape index (κ3) is 4.60. The first-order valence-corrected chi connectivity index (χ1v) is 7.42. The molecule has 2 N–H and O–H groups in total. The Morgan fingerprint density at radius 2 is 1.68 bits per heavy atom. The van der Waals surface area contributed by atoms with Crippen molar-refractivity contribution in [3.8, 4) is 0 Å². The molecule has 2 amide bonds. The van der Waals surface area contributed by atoms with Crippen molar-refractivity contribution in [2.24, 2.45) is 0 Å². The summed E-state index contributed by atoms with van der Waals surface area (Å²) >= 11 is 0. The number of aliphatic hydroxyl groups is 1. The van der Waals surface area contributed by atoms with Crippen molar-refractivity contribution in [1.82, 2.24) is 10.2 Å². The number of urea groups is 1. The van der Waals surface area contributed by atoms with Crippen molar-refractivity contribution < 1.29 is 9.90 Å². The van der Waals surface area contributed by atoms with E-state index in [4.69, 9.17) is 5.11 Å². The van der Waals surface area contributed by atoms with E-state index in [1.54, 1.807) is 7.05 Å². The number of benzene rings is 2. The molecule has 0 fully saturated rings.